The smallest absolute Gasteiger partial charge is 0.307 e. The average Bonchev–Trinajstić information content (AvgIpc) is 2.45. The van der Waals surface area contributed by atoms with Crippen LogP contribution in [0.2, 0.25) is 0 Å². The number of amides is 1. The highest BCUT2D eigenvalue weighted by Gasteiger charge is 2.28. The number of benzene rings is 1. The second kappa shape index (κ2) is 6.29. The molecule has 6 nitrogen and oxygen atoms in total. The van der Waals surface area contributed by atoms with Crippen LogP contribution in [0.4, 0.5) is 5.69 Å². The number of thioether (sulfide) groups is 1. The molecule has 2 N–H and O–H groups in total. The summed E-state index contributed by atoms with van der Waals surface area (Å²) < 4.78 is 24.5. The third-order valence-electron chi connectivity index (χ3n) is 3.39. The van der Waals surface area contributed by atoms with Gasteiger partial charge in [0.25, 0.3) is 0 Å². The van der Waals surface area contributed by atoms with Crippen molar-refractivity contribution in [2.24, 2.45) is 5.92 Å². The van der Waals surface area contributed by atoms with Crippen LogP contribution >= 0.6 is 11.8 Å². The van der Waals surface area contributed by atoms with Gasteiger partial charge >= 0.3 is 5.97 Å². The fraction of sp³-hybridized carbons (Fsp3) is 0.429. The molecule has 22 heavy (non-hydrogen) atoms. The Hall–Kier alpha value is -1.54. The Morgan fingerprint density at radius 3 is 2.73 bits per heavy atom. The van der Waals surface area contributed by atoms with Crippen LogP contribution in [-0.2, 0) is 19.4 Å². The lowest BCUT2D eigenvalue weighted by Gasteiger charge is -2.23. The zero-order valence-electron chi connectivity index (χ0n) is 12.2. The number of sulfone groups is 1. The fourth-order valence-corrected chi connectivity index (χ4v) is 4.68. The van der Waals surface area contributed by atoms with E-state index in [0.29, 0.717) is 12.1 Å². The van der Waals surface area contributed by atoms with E-state index in [1.54, 1.807) is 6.07 Å². The maximum atomic E-state index is 12.3. The maximum Gasteiger partial charge on any atom is 0.307 e. The molecular weight excluding hydrogens is 326 g/mol. The standard InChI is InChI=1S/C14H17NO5S2/c1-3-11-13(16)15-10-6-9(4-5-12(10)21-11)22(19,20)7-8(2)14(17)18/h4-6,8,11H,3,7H2,1-2H3,(H,15,16)(H,17,18). The fourth-order valence-electron chi connectivity index (χ4n) is 2.09. The molecular formula is C14H17NO5S2. The molecule has 120 valence electrons. The Labute approximate surface area is 133 Å². The van der Waals surface area contributed by atoms with Crippen molar-refractivity contribution >= 4 is 39.2 Å². The molecule has 0 bridgehead atoms. The van der Waals surface area contributed by atoms with Gasteiger partial charge in [-0.2, -0.15) is 0 Å². The number of rotatable bonds is 5. The molecule has 1 aromatic rings. The molecule has 0 aromatic heterocycles. The third-order valence-corrected chi connectivity index (χ3v) is 6.74. The summed E-state index contributed by atoms with van der Waals surface area (Å²) in [5.41, 5.74) is 0.462. The molecule has 0 radical (unpaired) electrons. The highest BCUT2D eigenvalue weighted by Crippen LogP contribution is 2.38. The van der Waals surface area contributed by atoms with E-state index in [1.165, 1.54) is 30.8 Å². The van der Waals surface area contributed by atoms with Gasteiger partial charge in [-0.05, 0) is 24.6 Å². The summed E-state index contributed by atoms with van der Waals surface area (Å²) in [5.74, 6) is -2.76. The summed E-state index contributed by atoms with van der Waals surface area (Å²) in [5, 5.41) is 11.4. The number of hydrogen-bond acceptors (Lipinski definition) is 5. The summed E-state index contributed by atoms with van der Waals surface area (Å²) in [6.07, 6.45) is 0.687. The van der Waals surface area contributed by atoms with Crippen molar-refractivity contribution in [3.05, 3.63) is 18.2 Å². The molecule has 0 fully saturated rings. The van der Waals surface area contributed by atoms with Crippen LogP contribution in [0.1, 0.15) is 20.3 Å². The summed E-state index contributed by atoms with van der Waals surface area (Å²) in [7, 11) is -3.72. The number of carboxylic acid groups (broad SMARTS) is 1. The van der Waals surface area contributed by atoms with Gasteiger partial charge in [0, 0.05) is 4.90 Å². The van der Waals surface area contributed by atoms with Crippen molar-refractivity contribution < 1.29 is 23.1 Å². The van der Waals surface area contributed by atoms with Crippen LogP contribution in [0.25, 0.3) is 0 Å². The average molecular weight is 343 g/mol. The molecule has 2 rings (SSSR count). The minimum absolute atomic E-state index is 0.0233. The van der Waals surface area contributed by atoms with Crippen molar-refractivity contribution in [2.75, 3.05) is 11.1 Å². The van der Waals surface area contributed by atoms with Crippen LogP contribution in [0, 0.1) is 5.92 Å². The van der Waals surface area contributed by atoms with Crippen molar-refractivity contribution in [3.63, 3.8) is 0 Å². The zero-order chi connectivity index (χ0) is 16.5. The van der Waals surface area contributed by atoms with Gasteiger partial charge in [-0.1, -0.05) is 13.8 Å². The summed E-state index contributed by atoms with van der Waals surface area (Å²) in [4.78, 5) is 23.5. The van der Waals surface area contributed by atoms with Crippen LogP contribution < -0.4 is 5.32 Å². The Morgan fingerprint density at radius 1 is 1.45 bits per heavy atom. The molecule has 0 spiro atoms. The number of carbonyl (C=O) groups excluding carboxylic acids is 1. The monoisotopic (exact) mass is 343 g/mol. The molecule has 1 aromatic carbocycles. The zero-order valence-corrected chi connectivity index (χ0v) is 13.8. The lowest BCUT2D eigenvalue weighted by Crippen LogP contribution is -2.28. The van der Waals surface area contributed by atoms with Crippen molar-refractivity contribution in [3.8, 4) is 0 Å². The van der Waals surface area contributed by atoms with E-state index >= 15 is 0 Å². The molecule has 0 aliphatic carbocycles. The highest BCUT2D eigenvalue weighted by molar-refractivity contribution is 8.01. The number of carboxylic acids is 1. The van der Waals surface area contributed by atoms with E-state index in [0.717, 1.165) is 4.90 Å². The van der Waals surface area contributed by atoms with E-state index in [2.05, 4.69) is 5.32 Å². The summed E-state index contributed by atoms with van der Waals surface area (Å²) in [6, 6.07) is 4.51. The van der Waals surface area contributed by atoms with E-state index in [1.807, 2.05) is 6.92 Å². The van der Waals surface area contributed by atoms with Crippen LogP contribution in [0.3, 0.4) is 0 Å². The van der Waals surface area contributed by atoms with Crippen molar-refractivity contribution in [1.82, 2.24) is 0 Å². The normalized spacial score (nSPS) is 19.2. The van der Waals surface area contributed by atoms with Gasteiger partial charge in [0.05, 0.1) is 27.5 Å². The van der Waals surface area contributed by atoms with Crippen LogP contribution in [0.15, 0.2) is 28.0 Å². The minimum atomic E-state index is -3.72. The Kier molecular flexibility index (Phi) is 4.81. The maximum absolute atomic E-state index is 12.3. The number of hydrogen-bond donors (Lipinski definition) is 2. The van der Waals surface area contributed by atoms with E-state index < -0.39 is 27.5 Å². The molecule has 0 saturated carbocycles. The topological polar surface area (TPSA) is 101 Å². The SMILES string of the molecule is CCC1Sc2ccc(S(=O)(=O)CC(C)C(=O)O)cc2NC1=O. The Morgan fingerprint density at radius 2 is 2.14 bits per heavy atom. The van der Waals surface area contributed by atoms with Crippen LogP contribution in [-0.4, -0.2) is 36.4 Å². The van der Waals surface area contributed by atoms with Crippen molar-refractivity contribution in [1.29, 1.82) is 0 Å². The first kappa shape index (κ1) is 16.8. The molecule has 0 saturated heterocycles. The molecule has 1 aliphatic rings. The molecule has 1 aliphatic heterocycles. The largest absolute Gasteiger partial charge is 0.481 e. The second-order valence-electron chi connectivity index (χ2n) is 5.18. The number of aliphatic carboxylic acids is 1. The number of anilines is 1. The molecule has 1 heterocycles. The molecule has 2 atom stereocenters. The van der Waals surface area contributed by atoms with E-state index in [4.69, 9.17) is 5.11 Å². The first-order valence-electron chi connectivity index (χ1n) is 6.81. The number of fused-ring (bicyclic) bond motifs is 1. The Bertz CT molecular complexity index is 714. The second-order valence-corrected chi connectivity index (χ2v) is 8.46. The molecule has 8 heteroatoms. The predicted molar refractivity (Wildman–Crippen MR) is 83.9 cm³/mol. The quantitative estimate of drug-likeness (QED) is 0.848. The third kappa shape index (κ3) is 3.44. The lowest BCUT2D eigenvalue weighted by atomic mass is 10.2. The first-order chi connectivity index (χ1) is 10.2. The summed E-state index contributed by atoms with van der Waals surface area (Å²) in [6.45, 7) is 3.26. The van der Waals surface area contributed by atoms with Crippen molar-refractivity contribution in [2.45, 2.75) is 35.3 Å². The van der Waals surface area contributed by atoms with Gasteiger partial charge < -0.3 is 10.4 Å². The highest BCUT2D eigenvalue weighted by atomic mass is 32.2. The predicted octanol–water partition coefficient (Wildman–Crippen LogP) is 2.00. The summed E-state index contributed by atoms with van der Waals surface area (Å²) >= 11 is 1.40. The molecule has 1 amide bonds. The van der Waals surface area contributed by atoms with Gasteiger partial charge in [0.15, 0.2) is 9.84 Å². The van der Waals surface area contributed by atoms with Crippen LogP contribution in [0.5, 0.6) is 0 Å². The van der Waals surface area contributed by atoms with E-state index in [-0.39, 0.29) is 16.1 Å². The number of nitrogens with one attached hydrogen (secondary N) is 1. The van der Waals surface area contributed by atoms with Gasteiger partial charge in [0.2, 0.25) is 5.91 Å². The first-order valence-corrected chi connectivity index (χ1v) is 9.35. The molecule has 2 unspecified atom stereocenters. The van der Waals surface area contributed by atoms with Gasteiger partial charge in [-0.3, -0.25) is 9.59 Å². The minimum Gasteiger partial charge on any atom is -0.481 e. The Balaban J connectivity index is 2.30. The van der Waals surface area contributed by atoms with Gasteiger partial charge in [-0.25, -0.2) is 8.42 Å². The number of carbonyl (C=O) groups is 2. The lowest BCUT2D eigenvalue weighted by molar-refractivity contribution is -0.140. The van der Waals surface area contributed by atoms with Gasteiger partial charge in [-0.15, -0.1) is 11.8 Å². The van der Waals surface area contributed by atoms with E-state index in [9.17, 15) is 18.0 Å². The van der Waals surface area contributed by atoms with Gasteiger partial charge in [0.1, 0.15) is 0 Å².